The summed E-state index contributed by atoms with van der Waals surface area (Å²) in [6.07, 6.45) is 1.32. The average Bonchev–Trinajstić information content (AvgIpc) is 3.06. The number of nitrogens with zero attached hydrogens (tertiary/aromatic N) is 2. The summed E-state index contributed by atoms with van der Waals surface area (Å²) in [7, 11) is 1.54. The van der Waals surface area contributed by atoms with E-state index in [1.165, 1.54) is 18.0 Å². The number of carbonyl (C=O) groups excluding carboxylic acids is 2. The van der Waals surface area contributed by atoms with Crippen molar-refractivity contribution in [3.63, 3.8) is 0 Å². The predicted octanol–water partition coefficient (Wildman–Crippen LogP) is 1.89. The zero-order valence-electron chi connectivity index (χ0n) is 16.1. The fourth-order valence-corrected chi connectivity index (χ4v) is 3.79. The van der Waals surface area contributed by atoms with Gasteiger partial charge in [0, 0.05) is 13.7 Å². The number of ether oxygens (including phenoxy) is 2. The molecule has 0 saturated carbocycles. The van der Waals surface area contributed by atoms with Crippen LogP contribution in [0.2, 0.25) is 0 Å². The van der Waals surface area contributed by atoms with Gasteiger partial charge in [-0.1, -0.05) is 30.3 Å². The molecule has 0 aliphatic carbocycles. The second-order valence-electron chi connectivity index (χ2n) is 6.32. The average molecular weight is 415 g/mol. The van der Waals surface area contributed by atoms with Crippen molar-refractivity contribution in [3.8, 4) is 0 Å². The van der Waals surface area contributed by atoms with Crippen LogP contribution in [0.3, 0.4) is 0 Å². The van der Waals surface area contributed by atoms with Gasteiger partial charge in [0.05, 0.1) is 18.3 Å². The lowest BCUT2D eigenvalue weighted by Gasteiger charge is -2.07. The van der Waals surface area contributed by atoms with Crippen LogP contribution in [-0.2, 0) is 27.4 Å². The van der Waals surface area contributed by atoms with Crippen LogP contribution in [0.4, 0.5) is 0 Å². The molecule has 0 radical (unpaired) electrons. The number of rotatable bonds is 8. The summed E-state index contributed by atoms with van der Waals surface area (Å²) < 4.78 is 11.5. The highest BCUT2D eigenvalue weighted by Gasteiger charge is 2.21. The molecule has 2 heterocycles. The van der Waals surface area contributed by atoms with Gasteiger partial charge in [0.25, 0.3) is 5.56 Å². The minimum absolute atomic E-state index is 0.146. The Hall–Kier alpha value is -3.04. The maximum atomic E-state index is 12.8. The molecular weight excluding hydrogens is 394 g/mol. The summed E-state index contributed by atoms with van der Waals surface area (Å²) in [5, 5.41) is 2.98. The van der Waals surface area contributed by atoms with Gasteiger partial charge in [-0.15, -0.1) is 11.3 Å². The minimum atomic E-state index is -0.502. The van der Waals surface area contributed by atoms with Crippen LogP contribution in [-0.4, -0.2) is 41.7 Å². The lowest BCUT2D eigenvalue weighted by Crippen LogP contribution is -2.34. The number of thiophene rings is 1. The van der Waals surface area contributed by atoms with Crippen molar-refractivity contribution in [2.45, 2.75) is 20.1 Å². The molecule has 8 nitrogen and oxygen atoms in total. The number of methoxy groups -OCH3 is 1. The van der Waals surface area contributed by atoms with E-state index in [0.717, 1.165) is 16.9 Å². The van der Waals surface area contributed by atoms with Crippen LogP contribution < -0.4 is 10.9 Å². The number of fused-ring (bicyclic) bond motifs is 1. The largest absolute Gasteiger partial charge is 0.457 e. The van der Waals surface area contributed by atoms with Crippen LogP contribution in [0.1, 0.15) is 20.8 Å². The lowest BCUT2D eigenvalue weighted by molar-refractivity contribution is -0.121. The smallest absolute Gasteiger partial charge is 0.349 e. The minimum Gasteiger partial charge on any atom is -0.457 e. The third-order valence-corrected chi connectivity index (χ3v) is 5.44. The Labute approximate surface area is 171 Å². The summed E-state index contributed by atoms with van der Waals surface area (Å²) in [4.78, 5) is 42.3. The van der Waals surface area contributed by atoms with E-state index in [0.29, 0.717) is 33.8 Å². The van der Waals surface area contributed by atoms with Gasteiger partial charge in [0.15, 0.2) is 0 Å². The highest BCUT2D eigenvalue weighted by atomic mass is 32.1. The van der Waals surface area contributed by atoms with E-state index >= 15 is 0 Å². The van der Waals surface area contributed by atoms with Gasteiger partial charge >= 0.3 is 5.97 Å². The fraction of sp³-hybridized carbons (Fsp3) is 0.300. The summed E-state index contributed by atoms with van der Waals surface area (Å²) in [5.74, 6) is -0.821. The van der Waals surface area contributed by atoms with Crippen LogP contribution in [0.5, 0.6) is 0 Å². The Morgan fingerprint density at radius 1 is 1.24 bits per heavy atom. The molecule has 0 saturated heterocycles. The molecule has 9 heteroatoms. The van der Waals surface area contributed by atoms with Crippen molar-refractivity contribution in [2.75, 3.05) is 20.3 Å². The maximum absolute atomic E-state index is 12.8. The van der Waals surface area contributed by atoms with Gasteiger partial charge in [0.1, 0.15) is 22.9 Å². The van der Waals surface area contributed by atoms with Gasteiger partial charge < -0.3 is 14.8 Å². The summed E-state index contributed by atoms with van der Waals surface area (Å²) >= 11 is 1.11. The molecule has 1 N–H and O–H groups in total. The second-order valence-corrected chi connectivity index (χ2v) is 7.32. The van der Waals surface area contributed by atoms with Crippen molar-refractivity contribution in [1.29, 1.82) is 0 Å². The molecule has 0 unspecified atom stereocenters. The van der Waals surface area contributed by atoms with Gasteiger partial charge in [0.2, 0.25) is 5.91 Å². The first kappa shape index (κ1) is 20.7. The normalized spacial score (nSPS) is 10.8. The molecule has 0 aliphatic rings. The summed E-state index contributed by atoms with van der Waals surface area (Å²) in [5.41, 5.74) is 1.02. The van der Waals surface area contributed by atoms with Crippen molar-refractivity contribution in [1.82, 2.24) is 14.9 Å². The van der Waals surface area contributed by atoms with Crippen LogP contribution >= 0.6 is 11.3 Å². The summed E-state index contributed by atoms with van der Waals surface area (Å²) in [6.45, 7) is 2.41. The van der Waals surface area contributed by atoms with Gasteiger partial charge in [-0.05, 0) is 18.1 Å². The number of carbonyl (C=O) groups is 2. The molecule has 0 bridgehead atoms. The number of hydrogen-bond donors (Lipinski definition) is 1. The monoisotopic (exact) mass is 415 g/mol. The molecule has 152 valence electrons. The first-order valence-electron chi connectivity index (χ1n) is 8.96. The number of hydrogen-bond acceptors (Lipinski definition) is 7. The molecule has 0 aliphatic heterocycles. The Bertz CT molecular complexity index is 1070. The number of aryl methyl sites for hydroxylation is 1. The highest BCUT2D eigenvalue weighted by Crippen LogP contribution is 2.27. The number of amides is 1. The third-order valence-electron chi connectivity index (χ3n) is 4.26. The van der Waals surface area contributed by atoms with E-state index in [-0.39, 0.29) is 24.6 Å². The van der Waals surface area contributed by atoms with E-state index in [1.807, 2.05) is 30.3 Å². The molecule has 3 aromatic rings. The van der Waals surface area contributed by atoms with Crippen molar-refractivity contribution in [3.05, 3.63) is 63.0 Å². The highest BCUT2D eigenvalue weighted by molar-refractivity contribution is 7.20. The number of esters is 1. The lowest BCUT2D eigenvalue weighted by atomic mass is 10.2. The van der Waals surface area contributed by atoms with Crippen molar-refractivity contribution >= 4 is 33.4 Å². The Kier molecular flexibility index (Phi) is 6.73. The fourth-order valence-electron chi connectivity index (χ4n) is 2.76. The Morgan fingerprint density at radius 2 is 2.00 bits per heavy atom. The third kappa shape index (κ3) is 4.87. The molecule has 1 aromatic carbocycles. The number of nitrogens with one attached hydrogen (secondary N) is 1. The predicted molar refractivity (Wildman–Crippen MR) is 109 cm³/mol. The van der Waals surface area contributed by atoms with Crippen molar-refractivity contribution in [2.24, 2.45) is 0 Å². The molecule has 0 atom stereocenters. The molecule has 29 heavy (non-hydrogen) atoms. The van der Waals surface area contributed by atoms with Gasteiger partial charge in [-0.2, -0.15) is 0 Å². The Morgan fingerprint density at radius 3 is 2.72 bits per heavy atom. The second kappa shape index (κ2) is 9.44. The topological polar surface area (TPSA) is 99.5 Å². The van der Waals surface area contributed by atoms with Gasteiger partial charge in [-0.25, -0.2) is 9.78 Å². The standard InChI is InChI=1S/C20H21N3O5S/c1-13-16-18(22-12-23(19(16)25)10-15(24)21-8-9-27-2)29-17(13)20(26)28-11-14-6-4-3-5-7-14/h3-7,12H,8-11H2,1-2H3,(H,21,24). The van der Waals surface area contributed by atoms with E-state index < -0.39 is 5.97 Å². The Balaban J connectivity index is 1.78. The zero-order valence-corrected chi connectivity index (χ0v) is 17.0. The quantitative estimate of drug-likeness (QED) is 0.446. The first-order chi connectivity index (χ1) is 14.0. The SMILES string of the molecule is COCCNC(=O)Cn1cnc2sc(C(=O)OCc3ccccc3)c(C)c2c1=O. The van der Waals surface area contributed by atoms with Crippen LogP contribution in [0.15, 0.2) is 41.5 Å². The van der Waals surface area contributed by atoms with E-state index in [4.69, 9.17) is 9.47 Å². The van der Waals surface area contributed by atoms with Crippen molar-refractivity contribution < 1.29 is 19.1 Å². The molecule has 0 spiro atoms. The van der Waals surface area contributed by atoms with E-state index in [1.54, 1.807) is 6.92 Å². The first-order valence-corrected chi connectivity index (χ1v) is 9.78. The molecule has 3 rings (SSSR count). The zero-order chi connectivity index (χ0) is 20.8. The molecule has 2 aromatic heterocycles. The molecular formula is C20H21N3O5S. The number of aromatic nitrogens is 2. The van der Waals surface area contributed by atoms with Gasteiger partial charge in [-0.3, -0.25) is 14.2 Å². The summed E-state index contributed by atoms with van der Waals surface area (Å²) in [6, 6.07) is 9.35. The maximum Gasteiger partial charge on any atom is 0.349 e. The van der Waals surface area contributed by atoms with E-state index in [2.05, 4.69) is 10.3 Å². The number of benzene rings is 1. The van der Waals surface area contributed by atoms with Crippen LogP contribution in [0, 0.1) is 6.92 Å². The molecule has 0 fully saturated rings. The van der Waals surface area contributed by atoms with E-state index in [9.17, 15) is 14.4 Å². The molecule has 1 amide bonds. The van der Waals surface area contributed by atoms with Crippen LogP contribution in [0.25, 0.3) is 10.2 Å².